The van der Waals surface area contributed by atoms with E-state index in [1.54, 1.807) is 0 Å². The maximum absolute atomic E-state index is 12.0. The van der Waals surface area contributed by atoms with Crippen LogP contribution < -0.4 is 0 Å². The predicted molar refractivity (Wildman–Crippen MR) is 118 cm³/mol. The number of carbonyl (C=O) groups is 2. The quantitative estimate of drug-likeness (QED) is 0.125. The van der Waals surface area contributed by atoms with Crippen molar-refractivity contribution in [1.82, 2.24) is 0 Å². The third-order valence-electron chi connectivity index (χ3n) is 3.85. The molecule has 0 unspecified atom stereocenters. The summed E-state index contributed by atoms with van der Waals surface area (Å²) in [7, 11) is -4.79. The van der Waals surface area contributed by atoms with Gasteiger partial charge >= 0.3 is 19.8 Å². The van der Waals surface area contributed by atoms with Gasteiger partial charge in [0.15, 0.2) is 6.10 Å². The second-order valence-electron chi connectivity index (χ2n) is 6.62. The fourth-order valence-electron chi connectivity index (χ4n) is 2.36. The van der Waals surface area contributed by atoms with Gasteiger partial charge in [-0.05, 0) is 41.9 Å². The van der Waals surface area contributed by atoms with Gasteiger partial charge in [-0.2, -0.15) is 0 Å². The first-order valence-corrected chi connectivity index (χ1v) is 11.8. The van der Waals surface area contributed by atoms with E-state index in [0.29, 0.717) is 6.42 Å². The van der Waals surface area contributed by atoms with E-state index in [1.165, 1.54) is 25.7 Å². The molecule has 0 saturated carbocycles. The van der Waals surface area contributed by atoms with E-state index in [2.05, 4.69) is 52.9 Å². The van der Waals surface area contributed by atoms with Crippen molar-refractivity contribution in [2.45, 2.75) is 70.8 Å². The fraction of sp³-hybridized carbons (Fsp3) is 0.565. The summed E-state index contributed by atoms with van der Waals surface area (Å²) in [5.74, 6) is 13.9. The lowest BCUT2D eigenvalue weighted by molar-refractivity contribution is -0.158. The van der Waals surface area contributed by atoms with E-state index in [-0.39, 0.29) is 6.42 Å². The third kappa shape index (κ3) is 20.6. The Balaban J connectivity index is 4.46. The van der Waals surface area contributed by atoms with Crippen LogP contribution in [0.2, 0.25) is 0 Å². The van der Waals surface area contributed by atoms with E-state index >= 15 is 0 Å². The molecule has 0 rings (SSSR count). The van der Waals surface area contributed by atoms with E-state index in [1.807, 2.05) is 0 Å². The molecule has 8 nitrogen and oxygen atoms in total. The van der Waals surface area contributed by atoms with Crippen LogP contribution in [0, 0.1) is 47.9 Å². The number of unbranched alkanes of at least 4 members (excludes halogenated alkanes) is 7. The Morgan fingerprint density at radius 2 is 1.50 bits per heavy atom. The molecule has 1 atom stereocenters. The molecule has 174 valence electrons. The highest BCUT2D eigenvalue weighted by Gasteiger charge is 2.22. The summed E-state index contributed by atoms with van der Waals surface area (Å²) in [6, 6.07) is 0. The molecule has 0 aromatic rings. The lowest BCUT2D eigenvalue weighted by Crippen LogP contribution is -2.29. The van der Waals surface area contributed by atoms with E-state index < -0.39 is 39.1 Å². The normalized spacial score (nSPS) is 10.7. The van der Waals surface area contributed by atoms with Crippen molar-refractivity contribution in [3.05, 3.63) is 0 Å². The van der Waals surface area contributed by atoms with Gasteiger partial charge < -0.3 is 19.3 Å². The van der Waals surface area contributed by atoms with Crippen molar-refractivity contribution in [3.63, 3.8) is 0 Å². The molecule has 32 heavy (non-hydrogen) atoms. The monoisotopic (exact) mass is 464 g/mol. The molecule has 0 aromatic heterocycles. The molecule has 0 radical (unpaired) electrons. The number of terminal acetylenes is 1. The average Bonchev–Trinajstić information content (AvgIpc) is 2.73. The number of rotatable bonds is 15. The smallest absolute Gasteiger partial charge is 0.456 e. The molecule has 0 aromatic carbocycles. The van der Waals surface area contributed by atoms with Crippen LogP contribution in [0.4, 0.5) is 0 Å². The molecule has 0 heterocycles. The number of hydrogen-bond acceptors (Lipinski definition) is 6. The van der Waals surface area contributed by atoms with Crippen LogP contribution in [-0.2, 0) is 28.2 Å². The van der Waals surface area contributed by atoms with Gasteiger partial charge in [0.2, 0.25) is 0 Å². The first-order chi connectivity index (χ1) is 15.3. The zero-order valence-electron chi connectivity index (χ0n) is 18.2. The average molecular weight is 464 g/mol. The number of phosphoric ester groups is 1. The van der Waals surface area contributed by atoms with Crippen LogP contribution in [0.3, 0.4) is 0 Å². The molecule has 0 aliphatic carbocycles. The minimum absolute atomic E-state index is 0.142. The van der Waals surface area contributed by atoms with Gasteiger partial charge in [0.05, 0.1) is 6.61 Å². The maximum Gasteiger partial charge on any atom is 0.469 e. The Labute approximate surface area is 190 Å². The predicted octanol–water partition coefficient (Wildman–Crippen LogP) is 2.72. The Bertz CT molecular complexity index is 848. The molecule has 0 amide bonds. The number of esters is 2. The van der Waals surface area contributed by atoms with E-state index in [9.17, 15) is 14.2 Å². The van der Waals surface area contributed by atoms with Gasteiger partial charge in [-0.15, -0.1) is 6.42 Å². The topological polar surface area (TPSA) is 119 Å². The highest BCUT2D eigenvalue weighted by Crippen LogP contribution is 2.35. The minimum Gasteiger partial charge on any atom is -0.456 e. The summed E-state index contributed by atoms with van der Waals surface area (Å²) in [5, 5.41) is 0. The van der Waals surface area contributed by atoms with Crippen LogP contribution in [0.15, 0.2) is 0 Å². The lowest BCUT2D eigenvalue weighted by Gasteiger charge is -2.17. The van der Waals surface area contributed by atoms with Gasteiger partial charge in [0.25, 0.3) is 0 Å². The summed E-state index contributed by atoms with van der Waals surface area (Å²) < 4.78 is 25.2. The van der Waals surface area contributed by atoms with Crippen LogP contribution in [0.1, 0.15) is 64.7 Å². The molecule has 9 heteroatoms. The second kappa shape index (κ2) is 19.0. The first-order valence-electron chi connectivity index (χ1n) is 10.3. The van der Waals surface area contributed by atoms with E-state index in [4.69, 9.17) is 25.7 Å². The van der Waals surface area contributed by atoms with Gasteiger partial charge in [0.1, 0.15) is 6.61 Å². The molecule has 0 aliphatic heterocycles. The summed E-state index contributed by atoms with van der Waals surface area (Å²) in [4.78, 5) is 41.3. The van der Waals surface area contributed by atoms with Gasteiger partial charge in [-0.1, -0.05) is 51.9 Å². The summed E-state index contributed by atoms with van der Waals surface area (Å²) in [6.45, 7) is 1.03. The second-order valence-corrected chi connectivity index (χ2v) is 7.86. The Morgan fingerprint density at radius 1 is 0.906 bits per heavy atom. The summed E-state index contributed by atoms with van der Waals surface area (Å²) in [5.41, 5.74) is 0. The molecule has 0 fully saturated rings. The molecule has 0 bridgehead atoms. The van der Waals surface area contributed by atoms with Crippen molar-refractivity contribution in [3.8, 4) is 47.9 Å². The number of ether oxygens (including phenoxy) is 2. The van der Waals surface area contributed by atoms with Crippen molar-refractivity contribution in [1.29, 1.82) is 0 Å². The molecule has 0 aliphatic rings. The number of phosphoric acid groups is 1. The summed E-state index contributed by atoms with van der Waals surface area (Å²) >= 11 is 0. The molecule has 0 spiro atoms. The number of carbonyl (C=O) groups excluding carboxylic acids is 2. The van der Waals surface area contributed by atoms with E-state index in [0.717, 1.165) is 19.3 Å². The van der Waals surface area contributed by atoms with Crippen LogP contribution in [0.25, 0.3) is 0 Å². The van der Waals surface area contributed by atoms with Crippen LogP contribution in [0.5, 0.6) is 0 Å². The first kappa shape index (κ1) is 29.3. The van der Waals surface area contributed by atoms with Gasteiger partial charge in [-0.25, -0.2) is 9.36 Å². The van der Waals surface area contributed by atoms with Crippen LogP contribution >= 0.6 is 7.82 Å². The zero-order chi connectivity index (χ0) is 24.1. The van der Waals surface area contributed by atoms with Crippen molar-refractivity contribution in [2.24, 2.45) is 0 Å². The summed E-state index contributed by atoms with van der Waals surface area (Å²) in [6.07, 6.45) is 12.3. The highest BCUT2D eigenvalue weighted by molar-refractivity contribution is 7.46. The lowest BCUT2D eigenvalue weighted by atomic mass is 10.1. The molecular formula is C23H29O8P. The Hall–Kier alpha value is -2.71. The van der Waals surface area contributed by atoms with Crippen LogP contribution in [-0.4, -0.2) is 41.0 Å². The molecule has 0 saturated heterocycles. The zero-order valence-corrected chi connectivity index (χ0v) is 19.1. The largest absolute Gasteiger partial charge is 0.469 e. The standard InChI is InChI=1S/C23H29O8P/c1-3-5-7-9-11-12-14-16-18-23(25)31-21(20-30-32(26,27)28)19-29-22(24)17-15-13-10-8-6-4-2/h2,21H,3,5,7,9,11-12,14,16,18-20H2,1H3,(H2,26,27,28)/t21-/m0/s1. The van der Waals surface area contributed by atoms with Gasteiger partial charge in [-0.3, -0.25) is 9.32 Å². The molecular weight excluding hydrogens is 435 g/mol. The Morgan fingerprint density at radius 3 is 2.12 bits per heavy atom. The van der Waals surface area contributed by atoms with Crippen molar-refractivity contribution in [2.75, 3.05) is 13.2 Å². The SMILES string of the molecule is C#CC#CC#CC#CC(=O)OC[C@@H](COP(=O)(O)O)OC(=O)CCCCCCCCCC. The Kier molecular flexibility index (Phi) is 17.4. The maximum atomic E-state index is 12.0. The number of hydrogen-bond donors (Lipinski definition) is 2. The van der Waals surface area contributed by atoms with Gasteiger partial charge in [0, 0.05) is 12.3 Å². The molecule has 2 N–H and O–H groups in total. The fourth-order valence-corrected chi connectivity index (χ4v) is 2.72. The highest BCUT2D eigenvalue weighted by atomic mass is 31.2. The van der Waals surface area contributed by atoms with Crippen molar-refractivity contribution >= 4 is 19.8 Å². The minimum atomic E-state index is -4.79. The third-order valence-corrected chi connectivity index (χ3v) is 4.33. The van der Waals surface area contributed by atoms with Crippen molar-refractivity contribution < 1.29 is 37.9 Å².